The van der Waals surface area contributed by atoms with Crippen LogP contribution in [0, 0.1) is 0 Å². The van der Waals surface area contributed by atoms with Crippen molar-refractivity contribution in [1.82, 2.24) is 5.32 Å². The van der Waals surface area contributed by atoms with E-state index < -0.39 is 0 Å². The van der Waals surface area contributed by atoms with Crippen LogP contribution in [0.3, 0.4) is 0 Å². The van der Waals surface area contributed by atoms with Crippen molar-refractivity contribution in [3.63, 3.8) is 0 Å². The fraction of sp³-hybridized carbons (Fsp3) is 0.500. The quantitative estimate of drug-likeness (QED) is 0.756. The number of fused-ring (bicyclic) bond motifs is 1. The summed E-state index contributed by atoms with van der Waals surface area (Å²) in [6, 6.07) is 8.61. The van der Waals surface area contributed by atoms with Crippen LogP contribution in [-0.4, -0.2) is 23.7 Å². The molecule has 0 aromatic heterocycles. The molecule has 0 aliphatic heterocycles. The van der Waals surface area contributed by atoms with E-state index in [0.717, 1.165) is 19.3 Å². The molecule has 0 atom stereocenters. The highest BCUT2D eigenvalue weighted by atomic mass is 16.2. The maximum Gasteiger partial charge on any atom is 0.220 e. The number of nitrogens with one attached hydrogen (secondary N) is 1. The number of benzene rings is 1. The summed E-state index contributed by atoms with van der Waals surface area (Å²) in [6.45, 7) is 0.169. The summed E-state index contributed by atoms with van der Waals surface area (Å²) < 4.78 is 0. The Morgan fingerprint density at radius 2 is 1.88 bits per heavy atom. The normalized spacial score (nSPS) is 14.6. The fourth-order valence-electron chi connectivity index (χ4n) is 2.36. The van der Waals surface area contributed by atoms with E-state index >= 15 is 0 Å². The van der Waals surface area contributed by atoms with Crippen LogP contribution in [0.2, 0.25) is 0 Å². The molecule has 1 amide bonds. The first-order valence-corrected chi connectivity index (χ1v) is 6.26. The molecule has 0 radical (unpaired) electrons. The minimum Gasteiger partial charge on any atom is -0.396 e. The van der Waals surface area contributed by atoms with Crippen molar-refractivity contribution in [3.05, 3.63) is 35.4 Å². The Balaban J connectivity index is 1.77. The topological polar surface area (TPSA) is 49.3 Å². The first-order chi connectivity index (χ1) is 8.29. The number of rotatable bonds is 5. The Morgan fingerprint density at radius 3 is 2.47 bits per heavy atom. The molecule has 1 aromatic rings. The van der Waals surface area contributed by atoms with E-state index in [-0.39, 0.29) is 18.6 Å². The number of aliphatic hydroxyl groups excluding tert-OH is 1. The van der Waals surface area contributed by atoms with Gasteiger partial charge in [-0.25, -0.2) is 0 Å². The summed E-state index contributed by atoms with van der Waals surface area (Å²) in [5.41, 5.74) is 2.71. The van der Waals surface area contributed by atoms with E-state index in [1.165, 1.54) is 11.1 Å². The highest BCUT2D eigenvalue weighted by Gasteiger charge is 2.21. The SMILES string of the molecule is O=C(CCCCO)NC1Cc2ccccc2C1. The molecule has 2 N–H and O–H groups in total. The van der Waals surface area contributed by atoms with Crippen LogP contribution in [0.4, 0.5) is 0 Å². The van der Waals surface area contributed by atoms with E-state index in [1.807, 2.05) is 12.1 Å². The zero-order valence-electron chi connectivity index (χ0n) is 9.98. The lowest BCUT2D eigenvalue weighted by atomic mass is 10.1. The van der Waals surface area contributed by atoms with Crippen LogP contribution in [0.1, 0.15) is 30.4 Å². The average molecular weight is 233 g/mol. The van der Waals surface area contributed by atoms with Crippen molar-refractivity contribution in [2.75, 3.05) is 6.61 Å². The molecule has 1 aromatic carbocycles. The second-order valence-corrected chi connectivity index (χ2v) is 4.62. The lowest BCUT2D eigenvalue weighted by Crippen LogP contribution is -2.35. The first-order valence-electron chi connectivity index (χ1n) is 6.26. The maximum atomic E-state index is 11.6. The molecule has 2 rings (SSSR count). The van der Waals surface area contributed by atoms with Crippen LogP contribution in [-0.2, 0) is 17.6 Å². The molecule has 1 aliphatic rings. The van der Waals surface area contributed by atoms with Crippen LogP contribution in [0.5, 0.6) is 0 Å². The number of carbonyl (C=O) groups is 1. The molecule has 0 saturated heterocycles. The summed E-state index contributed by atoms with van der Waals surface area (Å²) >= 11 is 0. The second kappa shape index (κ2) is 5.82. The number of hydrogen-bond acceptors (Lipinski definition) is 2. The number of unbranched alkanes of at least 4 members (excludes halogenated alkanes) is 1. The van der Waals surface area contributed by atoms with E-state index in [9.17, 15) is 4.79 Å². The van der Waals surface area contributed by atoms with Crippen molar-refractivity contribution in [1.29, 1.82) is 0 Å². The molecule has 17 heavy (non-hydrogen) atoms. The zero-order valence-corrected chi connectivity index (χ0v) is 9.98. The number of hydrogen-bond donors (Lipinski definition) is 2. The Labute approximate surface area is 102 Å². The third kappa shape index (κ3) is 3.30. The van der Waals surface area contributed by atoms with Gasteiger partial charge in [0.15, 0.2) is 0 Å². The predicted molar refractivity (Wildman–Crippen MR) is 66.7 cm³/mol. The predicted octanol–water partition coefficient (Wildman–Crippen LogP) is 1.43. The largest absolute Gasteiger partial charge is 0.396 e. The molecule has 3 nitrogen and oxygen atoms in total. The van der Waals surface area contributed by atoms with Gasteiger partial charge in [-0.15, -0.1) is 0 Å². The second-order valence-electron chi connectivity index (χ2n) is 4.62. The lowest BCUT2D eigenvalue weighted by Gasteiger charge is -2.11. The molecule has 0 heterocycles. The first kappa shape index (κ1) is 12.1. The third-order valence-electron chi connectivity index (χ3n) is 3.23. The Kier molecular flexibility index (Phi) is 4.15. The molecule has 0 spiro atoms. The summed E-state index contributed by atoms with van der Waals surface area (Å²) in [5.74, 6) is 0.108. The van der Waals surface area contributed by atoms with Gasteiger partial charge in [0, 0.05) is 19.1 Å². The number of amides is 1. The van der Waals surface area contributed by atoms with E-state index in [4.69, 9.17) is 5.11 Å². The van der Waals surface area contributed by atoms with Gasteiger partial charge in [0.1, 0.15) is 0 Å². The zero-order chi connectivity index (χ0) is 12.1. The van der Waals surface area contributed by atoms with Crippen molar-refractivity contribution in [2.45, 2.75) is 38.1 Å². The van der Waals surface area contributed by atoms with Crippen LogP contribution in [0.15, 0.2) is 24.3 Å². The molecule has 3 heteroatoms. The van der Waals surface area contributed by atoms with Gasteiger partial charge in [-0.3, -0.25) is 4.79 Å². The minimum absolute atomic E-state index is 0.108. The van der Waals surface area contributed by atoms with Crippen molar-refractivity contribution >= 4 is 5.91 Å². The molecule has 0 bridgehead atoms. The standard InChI is InChI=1S/C14H19NO2/c16-8-4-3-7-14(17)15-13-9-11-5-1-2-6-12(11)10-13/h1-2,5-6,13,16H,3-4,7-10H2,(H,15,17). The molecule has 0 unspecified atom stereocenters. The monoisotopic (exact) mass is 233 g/mol. The van der Waals surface area contributed by atoms with Gasteiger partial charge in [0.05, 0.1) is 0 Å². The van der Waals surface area contributed by atoms with Crippen molar-refractivity contribution < 1.29 is 9.90 Å². The summed E-state index contributed by atoms with van der Waals surface area (Å²) in [5, 5.41) is 11.7. The molecular formula is C14H19NO2. The number of aliphatic hydroxyl groups is 1. The maximum absolute atomic E-state index is 11.6. The number of carbonyl (C=O) groups excluding carboxylic acids is 1. The molecule has 0 saturated carbocycles. The Bertz CT molecular complexity index is 365. The van der Waals surface area contributed by atoms with E-state index in [2.05, 4.69) is 17.4 Å². The molecule has 0 fully saturated rings. The van der Waals surface area contributed by atoms with E-state index in [1.54, 1.807) is 0 Å². The van der Waals surface area contributed by atoms with Crippen molar-refractivity contribution in [3.8, 4) is 0 Å². The smallest absolute Gasteiger partial charge is 0.220 e. The molecule has 92 valence electrons. The lowest BCUT2D eigenvalue weighted by molar-refractivity contribution is -0.121. The van der Waals surface area contributed by atoms with Gasteiger partial charge in [-0.1, -0.05) is 24.3 Å². The van der Waals surface area contributed by atoms with E-state index in [0.29, 0.717) is 12.8 Å². The van der Waals surface area contributed by atoms with Gasteiger partial charge < -0.3 is 10.4 Å². The van der Waals surface area contributed by atoms with Gasteiger partial charge >= 0.3 is 0 Å². The Morgan fingerprint density at radius 1 is 1.24 bits per heavy atom. The summed E-state index contributed by atoms with van der Waals surface area (Å²) in [7, 11) is 0. The highest BCUT2D eigenvalue weighted by Crippen LogP contribution is 2.21. The minimum atomic E-state index is 0.108. The molecular weight excluding hydrogens is 214 g/mol. The summed E-state index contributed by atoms with van der Waals surface area (Å²) in [6.07, 6.45) is 3.89. The highest BCUT2D eigenvalue weighted by molar-refractivity contribution is 5.76. The Hall–Kier alpha value is -1.35. The van der Waals surface area contributed by atoms with Crippen LogP contribution >= 0.6 is 0 Å². The fourth-order valence-corrected chi connectivity index (χ4v) is 2.36. The average Bonchev–Trinajstić information content (AvgIpc) is 2.71. The third-order valence-corrected chi connectivity index (χ3v) is 3.23. The molecule has 1 aliphatic carbocycles. The van der Waals surface area contributed by atoms with Crippen LogP contribution in [0.25, 0.3) is 0 Å². The van der Waals surface area contributed by atoms with Crippen molar-refractivity contribution in [2.24, 2.45) is 0 Å². The van der Waals surface area contributed by atoms with Crippen LogP contribution < -0.4 is 5.32 Å². The van der Waals surface area contributed by atoms with Gasteiger partial charge in [-0.2, -0.15) is 0 Å². The van der Waals surface area contributed by atoms with Gasteiger partial charge in [0.25, 0.3) is 0 Å². The summed E-state index contributed by atoms with van der Waals surface area (Å²) in [4.78, 5) is 11.6. The van der Waals surface area contributed by atoms with Gasteiger partial charge in [0.2, 0.25) is 5.91 Å². The van der Waals surface area contributed by atoms with Gasteiger partial charge in [-0.05, 0) is 36.8 Å².